The fourth-order valence-electron chi connectivity index (χ4n) is 1.27. The van der Waals surface area contributed by atoms with Gasteiger partial charge in [0.15, 0.2) is 0 Å². The number of ether oxygens (including phenoxy) is 2. The quantitative estimate of drug-likeness (QED) is 0.517. The summed E-state index contributed by atoms with van der Waals surface area (Å²) in [5.74, 6) is 1.12. The Kier molecular flexibility index (Phi) is 4.30. The Balaban J connectivity index is 2.02. The number of hydrogen-bond donors (Lipinski definition) is 1. The maximum Gasteiger partial charge on any atom is 0.279 e. The maximum absolute atomic E-state index is 8.40. The monoisotopic (exact) mass is 279 g/mol. The number of pyridine rings is 1. The molecule has 0 atom stereocenters. The SMILES string of the molecule is CC(C)Oc1ccc(Oc2ncc(/C=N/O)s2)cn1. The van der Waals surface area contributed by atoms with Crippen LogP contribution < -0.4 is 9.47 Å². The molecule has 100 valence electrons. The highest BCUT2D eigenvalue weighted by Gasteiger charge is 2.05. The molecule has 0 saturated carbocycles. The van der Waals surface area contributed by atoms with Gasteiger partial charge in [0.05, 0.1) is 29.6 Å². The Morgan fingerprint density at radius 1 is 1.32 bits per heavy atom. The van der Waals surface area contributed by atoms with Crippen LogP contribution in [0.3, 0.4) is 0 Å². The number of rotatable bonds is 5. The van der Waals surface area contributed by atoms with Crippen molar-refractivity contribution in [1.82, 2.24) is 9.97 Å². The molecule has 0 aliphatic carbocycles. The molecule has 19 heavy (non-hydrogen) atoms. The van der Waals surface area contributed by atoms with Crippen molar-refractivity contribution >= 4 is 17.6 Å². The van der Waals surface area contributed by atoms with Crippen LogP contribution in [0.2, 0.25) is 0 Å². The van der Waals surface area contributed by atoms with Crippen molar-refractivity contribution in [2.75, 3.05) is 0 Å². The van der Waals surface area contributed by atoms with Gasteiger partial charge in [-0.15, -0.1) is 0 Å². The highest BCUT2D eigenvalue weighted by Crippen LogP contribution is 2.26. The molecule has 2 aromatic rings. The van der Waals surface area contributed by atoms with Gasteiger partial charge in [-0.05, 0) is 19.9 Å². The molecule has 6 nitrogen and oxygen atoms in total. The molecule has 0 saturated heterocycles. The predicted octanol–water partition coefficient (Wildman–Crippen LogP) is 2.93. The van der Waals surface area contributed by atoms with Crippen molar-refractivity contribution < 1.29 is 14.7 Å². The zero-order chi connectivity index (χ0) is 13.7. The first-order valence-electron chi connectivity index (χ1n) is 5.61. The summed E-state index contributed by atoms with van der Waals surface area (Å²) in [5.41, 5.74) is 0. The lowest BCUT2D eigenvalue weighted by atomic mass is 10.4. The summed E-state index contributed by atoms with van der Waals surface area (Å²) in [6.45, 7) is 3.87. The van der Waals surface area contributed by atoms with E-state index in [9.17, 15) is 0 Å². The summed E-state index contributed by atoms with van der Waals surface area (Å²) in [4.78, 5) is 8.86. The van der Waals surface area contributed by atoms with Crippen molar-refractivity contribution in [3.63, 3.8) is 0 Å². The highest BCUT2D eigenvalue weighted by atomic mass is 32.1. The first-order chi connectivity index (χ1) is 9.17. The lowest BCUT2D eigenvalue weighted by molar-refractivity contribution is 0.232. The summed E-state index contributed by atoms with van der Waals surface area (Å²) in [6.07, 6.45) is 4.50. The summed E-state index contributed by atoms with van der Waals surface area (Å²) in [7, 11) is 0. The molecular formula is C12H13N3O3S. The van der Waals surface area contributed by atoms with Crippen LogP contribution >= 0.6 is 11.3 Å². The van der Waals surface area contributed by atoms with E-state index in [-0.39, 0.29) is 6.10 Å². The fraction of sp³-hybridized carbons (Fsp3) is 0.250. The molecule has 0 radical (unpaired) electrons. The first kappa shape index (κ1) is 13.3. The van der Waals surface area contributed by atoms with Gasteiger partial charge in [0, 0.05) is 6.07 Å². The molecule has 0 unspecified atom stereocenters. The van der Waals surface area contributed by atoms with Gasteiger partial charge >= 0.3 is 0 Å². The van der Waals surface area contributed by atoms with E-state index < -0.39 is 0 Å². The number of nitrogens with zero attached hydrogens (tertiary/aromatic N) is 3. The fourth-order valence-corrected chi connectivity index (χ4v) is 1.92. The third-order valence-electron chi connectivity index (χ3n) is 1.96. The Bertz CT molecular complexity index is 552. The maximum atomic E-state index is 8.40. The largest absolute Gasteiger partial charge is 0.475 e. The first-order valence-corrected chi connectivity index (χ1v) is 6.43. The van der Waals surface area contributed by atoms with Crippen LogP contribution in [0.5, 0.6) is 16.8 Å². The molecule has 0 bridgehead atoms. The normalized spacial score (nSPS) is 11.1. The van der Waals surface area contributed by atoms with Gasteiger partial charge in [0.25, 0.3) is 5.19 Å². The molecule has 0 fully saturated rings. The van der Waals surface area contributed by atoms with E-state index >= 15 is 0 Å². The van der Waals surface area contributed by atoms with Gasteiger partial charge < -0.3 is 14.7 Å². The van der Waals surface area contributed by atoms with Gasteiger partial charge in [-0.1, -0.05) is 16.5 Å². The third-order valence-corrected chi connectivity index (χ3v) is 2.77. The van der Waals surface area contributed by atoms with Crippen molar-refractivity contribution in [3.8, 4) is 16.8 Å². The van der Waals surface area contributed by atoms with Crippen molar-refractivity contribution in [2.24, 2.45) is 5.16 Å². The van der Waals surface area contributed by atoms with E-state index in [1.165, 1.54) is 17.6 Å². The lowest BCUT2D eigenvalue weighted by Crippen LogP contribution is -2.06. The number of aromatic nitrogens is 2. The molecule has 2 rings (SSSR count). The van der Waals surface area contributed by atoms with Gasteiger partial charge in [-0.25, -0.2) is 9.97 Å². The van der Waals surface area contributed by atoms with E-state index in [2.05, 4.69) is 15.1 Å². The molecule has 0 aromatic carbocycles. The molecule has 1 N–H and O–H groups in total. The van der Waals surface area contributed by atoms with Gasteiger partial charge in [0.1, 0.15) is 5.75 Å². The lowest BCUT2D eigenvalue weighted by Gasteiger charge is -2.08. The number of oxime groups is 1. The minimum Gasteiger partial charge on any atom is -0.475 e. The average molecular weight is 279 g/mol. The smallest absolute Gasteiger partial charge is 0.279 e. The van der Waals surface area contributed by atoms with Crippen molar-refractivity contribution in [2.45, 2.75) is 20.0 Å². The Morgan fingerprint density at radius 2 is 2.16 bits per heavy atom. The second kappa shape index (κ2) is 6.14. The van der Waals surface area contributed by atoms with Crippen LogP contribution in [-0.2, 0) is 0 Å². The summed E-state index contributed by atoms with van der Waals surface area (Å²) in [5, 5.41) is 11.8. The van der Waals surface area contributed by atoms with E-state index in [0.717, 1.165) is 0 Å². The minimum absolute atomic E-state index is 0.0820. The number of thiazole rings is 1. The highest BCUT2D eigenvalue weighted by molar-refractivity contribution is 7.15. The van der Waals surface area contributed by atoms with Gasteiger partial charge in [-0.3, -0.25) is 0 Å². The summed E-state index contributed by atoms with van der Waals surface area (Å²) < 4.78 is 10.9. The zero-order valence-corrected chi connectivity index (χ0v) is 11.3. The summed E-state index contributed by atoms with van der Waals surface area (Å²) in [6, 6.07) is 3.49. The van der Waals surface area contributed by atoms with Crippen LogP contribution in [0.25, 0.3) is 0 Å². The molecule has 2 heterocycles. The van der Waals surface area contributed by atoms with Crippen LogP contribution in [-0.4, -0.2) is 27.5 Å². The van der Waals surface area contributed by atoms with Crippen LogP contribution in [0, 0.1) is 0 Å². The molecule has 0 aliphatic heterocycles. The average Bonchev–Trinajstić information content (AvgIpc) is 2.79. The van der Waals surface area contributed by atoms with Gasteiger partial charge in [-0.2, -0.15) is 0 Å². The Hall–Kier alpha value is -2.15. The predicted molar refractivity (Wildman–Crippen MR) is 71.6 cm³/mol. The molecule has 0 spiro atoms. The van der Waals surface area contributed by atoms with E-state index in [4.69, 9.17) is 14.7 Å². The van der Waals surface area contributed by atoms with E-state index in [1.807, 2.05) is 13.8 Å². The zero-order valence-electron chi connectivity index (χ0n) is 10.5. The third kappa shape index (κ3) is 3.92. The Labute approximate surface area is 114 Å². The molecule has 2 aromatic heterocycles. The second-order valence-corrected chi connectivity index (χ2v) is 4.90. The molecule has 0 amide bonds. The molecular weight excluding hydrogens is 266 g/mol. The van der Waals surface area contributed by atoms with Crippen LogP contribution in [0.15, 0.2) is 29.7 Å². The Morgan fingerprint density at radius 3 is 2.79 bits per heavy atom. The minimum atomic E-state index is 0.0820. The van der Waals surface area contributed by atoms with Crippen LogP contribution in [0.4, 0.5) is 0 Å². The van der Waals surface area contributed by atoms with Crippen molar-refractivity contribution in [1.29, 1.82) is 0 Å². The van der Waals surface area contributed by atoms with Crippen molar-refractivity contribution in [3.05, 3.63) is 29.4 Å². The molecule has 0 aliphatic rings. The number of hydrogen-bond acceptors (Lipinski definition) is 7. The topological polar surface area (TPSA) is 76.8 Å². The summed E-state index contributed by atoms with van der Waals surface area (Å²) >= 11 is 1.27. The standard InChI is InChI=1S/C12H13N3O3S/c1-8(2)17-11-4-3-9(5-13-11)18-12-14-6-10(19-12)7-15-16/h3-8,16H,1-2H3/b15-7+. The molecule has 7 heteroatoms. The second-order valence-electron chi connectivity index (χ2n) is 3.87. The van der Waals surface area contributed by atoms with Gasteiger partial charge in [0.2, 0.25) is 5.88 Å². The van der Waals surface area contributed by atoms with E-state index in [0.29, 0.717) is 21.7 Å². The van der Waals surface area contributed by atoms with Crippen LogP contribution in [0.1, 0.15) is 18.7 Å². The van der Waals surface area contributed by atoms with E-state index in [1.54, 1.807) is 24.5 Å².